The maximum atomic E-state index is 11.3. The van der Waals surface area contributed by atoms with Crippen molar-refractivity contribution in [3.63, 3.8) is 0 Å². The highest BCUT2D eigenvalue weighted by Crippen LogP contribution is 2.26. The minimum atomic E-state index is -1.50. The highest BCUT2D eigenvalue weighted by molar-refractivity contribution is 6.33. The van der Waals surface area contributed by atoms with Crippen molar-refractivity contribution in [3.05, 3.63) is 11.5 Å². The molecule has 9 nitrogen and oxygen atoms in total. The standard InChI is InChI=1S/C9H11NO8/c1-3(12)8(14)17-7-6(18-10)5(4(13)2-11)16-9(7)15/h4-5,11,13H,2,10H2,1H3. The van der Waals surface area contributed by atoms with Gasteiger partial charge in [0.25, 0.3) is 5.76 Å². The number of carbonyl (C=O) groups is 3. The van der Waals surface area contributed by atoms with Crippen molar-refractivity contribution in [1.82, 2.24) is 0 Å². The van der Waals surface area contributed by atoms with Gasteiger partial charge in [0.2, 0.25) is 11.5 Å². The number of esters is 2. The van der Waals surface area contributed by atoms with Crippen LogP contribution in [0.1, 0.15) is 6.92 Å². The number of hydrogen-bond acceptors (Lipinski definition) is 9. The predicted octanol–water partition coefficient (Wildman–Crippen LogP) is -2.50. The zero-order valence-electron chi connectivity index (χ0n) is 9.28. The van der Waals surface area contributed by atoms with Gasteiger partial charge in [0.1, 0.15) is 6.10 Å². The molecule has 2 unspecified atom stereocenters. The van der Waals surface area contributed by atoms with Crippen LogP contribution in [0.5, 0.6) is 0 Å². The minimum absolute atomic E-state index is 0.476. The Morgan fingerprint density at radius 1 is 1.56 bits per heavy atom. The summed E-state index contributed by atoms with van der Waals surface area (Å²) >= 11 is 0. The van der Waals surface area contributed by atoms with Gasteiger partial charge in [-0.15, -0.1) is 0 Å². The summed E-state index contributed by atoms with van der Waals surface area (Å²) in [4.78, 5) is 37.3. The summed E-state index contributed by atoms with van der Waals surface area (Å²) in [7, 11) is 0. The van der Waals surface area contributed by atoms with Crippen LogP contribution in [-0.4, -0.2) is 46.7 Å². The second kappa shape index (κ2) is 5.58. The fraction of sp³-hybridized carbons (Fsp3) is 0.444. The second-order valence-electron chi connectivity index (χ2n) is 3.33. The van der Waals surface area contributed by atoms with E-state index in [-0.39, 0.29) is 0 Å². The SMILES string of the molecule is CC(=O)C(=O)OC1=C(ON)C(C(O)CO)OC1=O. The van der Waals surface area contributed by atoms with Crippen molar-refractivity contribution < 1.29 is 38.9 Å². The van der Waals surface area contributed by atoms with E-state index in [0.717, 1.165) is 6.92 Å². The van der Waals surface area contributed by atoms with Gasteiger partial charge in [-0.25, -0.2) is 9.59 Å². The number of carbonyl (C=O) groups excluding carboxylic acids is 3. The molecule has 1 aliphatic rings. The van der Waals surface area contributed by atoms with Crippen LogP contribution in [0.15, 0.2) is 11.5 Å². The van der Waals surface area contributed by atoms with Gasteiger partial charge in [-0.05, 0) is 0 Å². The summed E-state index contributed by atoms with van der Waals surface area (Å²) in [6.45, 7) is 0.199. The summed E-state index contributed by atoms with van der Waals surface area (Å²) in [5, 5.41) is 18.1. The van der Waals surface area contributed by atoms with E-state index in [9.17, 15) is 19.5 Å². The third-order valence-corrected chi connectivity index (χ3v) is 2.05. The van der Waals surface area contributed by atoms with Crippen molar-refractivity contribution in [3.8, 4) is 0 Å². The molecule has 2 atom stereocenters. The molecule has 0 radical (unpaired) electrons. The lowest BCUT2D eigenvalue weighted by Gasteiger charge is -2.15. The smallest absolute Gasteiger partial charge is 0.380 e. The first-order valence-electron chi connectivity index (χ1n) is 4.75. The Labute approximate surface area is 101 Å². The molecule has 100 valence electrons. The van der Waals surface area contributed by atoms with Crippen LogP contribution in [0.2, 0.25) is 0 Å². The van der Waals surface area contributed by atoms with Crippen molar-refractivity contribution in [2.75, 3.05) is 6.61 Å². The zero-order valence-corrected chi connectivity index (χ0v) is 9.28. The van der Waals surface area contributed by atoms with Gasteiger partial charge in [-0.1, -0.05) is 0 Å². The molecule has 18 heavy (non-hydrogen) atoms. The summed E-state index contributed by atoms with van der Waals surface area (Å²) in [5.74, 6) is 0.267. The lowest BCUT2D eigenvalue weighted by molar-refractivity contribution is -0.156. The Morgan fingerprint density at radius 2 is 2.17 bits per heavy atom. The highest BCUT2D eigenvalue weighted by Gasteiger charge is 2.43. The molecule has 0 bridgehead atoms. The molecule has 0 saturated heterocycles. The average Bonchev–Trinajstić information content (AvgIpc) is 2.65. The summed E-state index contributed by atoms with van der Waals surface area (Å²) in [6, 6.07) is 0. The third kappa shape index (κ3) is 2.64. The molecule has 4 N–H and O–H groups in total. The molecule has 9 heteroatoms. The number of hydrogen-bond donors (Lipinski definition) is 3. The van der Waals surface area contributed by atoms with E-state index in [0.29, 0.717) is 0 Å². The molecular weight excluding hydrogens is 250 g/mol. The summed E-state index contributed by atoms with van der Waals surface area (Å²) in [6.07, 6.45) is -2.90. The predicted molar refractivity (Wildman–Crippen MR) is 52.0 cm³/mol. The first kappa shape index (κ1) is 14.1. The molecule has 0 aromatic rings. The number of aliphatic hydroxyl groups is 2. The highest BCUT2D eigenvalue weighted by atomic mass is 16.7. The number of ether oxygens (including phenoxy) is 2. The topological polar surface area (TPSA) is 145 Å². The van der Waals surface area contributed by atoms with Crippen LogP contribution in [0.3, 0.4) is 0 Å². The molecular formula is C9H11NO8. The van der Waals surface area contributed by atoms with Crippen LogP contribution in [-0.2, 0) is 28.7 Å². The molecule has 1 aliphatic heterocycles. The number of rotatable bonds is 5. The fourth-order valence-corrected chi connectivity index (χ4v) is 1.18. The molecule has 0 amide bonds. The van der Waals surface area contributed by atoms with Gasteiger partial charge in [-0.3, -0.25) is 4.79 Å². The number of aliphatic hydroxyl groups excluding tert-OH is 2. The summed E-state index contributed by atoms with van der Waals surface area (Å²) in [5.41, 5.74) is 0. The molecule has 0 saturated carbocycles. The molecule has 0 aromatic carbocycles. The number of nitrogens with two attached hydrogens (primary N) is 1. The first-order valence-corrected chi connectivity index (χ1v) is 4.75. The van der Waals surface area contributed by atoms with Crippen LogP contribution < -0.4 is 5.90 Å². The van der Waals surface area contributed by atoms with E-state index in [1.807, 2.05) is 0 Å². The maximum Gasteiger partial charge on any atom is 0.380 e. The number of ketones is 1. The largest absolute Gasteiger partial charge is 0.445 e. The van der Waals surface area contributed by atoms with E-state index >= 15 is 0 Å². The van der Waals surface area contributed by atoms with Gasteiger partial charge < -0.3 is 24.5 Å². The van der Waals surface area contributed by atoms with Crippen molar-refractivity contribution in [2.45, 2.75) is 19.1 Å². The lowest BCUT2D eigenvalue weighted by Crippen LogP contribution is -2.33. The molecule has 0 spiro atoms. The molecule has 1 rings (SSSR count). The quantitative estimate of drug-likeness (QED) is 0.277. The van der Waals surface area contributed by atoms with Crippen LogP contribution in [0.25, 0.3) is 0 Å². The third-order valence-electron chi connectivity index (χ3n) is 2.05. The van der Waals surface area contributed by atoms with Crippen LogP contribution in [0, 0.1) is 0 Å². The lowest BCUT2D eigenvalue weighted by atomic mass is 10.2. The van der Waals surface area contributed by atoms with E-state index < -0.39 is 48.1 Å². The Balaban J connectivity index is 3.00. The van der Waals surface area contributed by atoms with Crippen molar-refractivity contribution >= 4 is 17.7 Å². The Hall–Kier alpha value is -1.97. The van der Waals surface area contributed by atoms with Gasteiger partial charge in [-0.2, -0.15) is 5.90 Å². The van der Waals surface area contributed by atoms with E-state index in [1.165, 1.54) is 0 Å². The van der Waals surface area contributed by atoms with Gasteiger partial charge in [0.05, 0.1) is 6.61 Å². The first-order chi connectivity index (χ1) is 8.42. The van der Waals surface area contributed by atoms with Crippen molar-refractivity contribution in [1.29, 1.82) is 0 Å². The van der Waals surface area contributed by atoms with Gasteiger partial charge in [0, 0.05) is 6.92 Å². The second-order valence-corrected chi connectivity index (χ2v) is 3.33. The van der Waals surface area contributed by atoms with E-state index in [2.05, 4.69) is 14.3 Å². The number of Topliss-reactive ketones (excluding diaryl/α,β-unsaturated/α-hetero) is 1. The normalized spacial score (nSPS) is 20.4. The van der Waals surface area contributed by atoms with Crippen LogP contribution >= 0.6 is 0 Å². The van der Waals surface area contributed by atoms with E-state index in [1.54, 1.807) is 0 Å². The summed E-state index contributed by atoms with van der Waals surface area (Å²) < 4.78 is 9.03. The fourth-order valence-electron chi connectivity index (χ4n) is 1.18. The molecule has 1 heterocycles. The zero-order chi connectivity index (χ0) is 13.9. The van der Waals surface area contributed by atoms with Crippen LogP contribution in [0.4, 0.5) is 0 Å². The average molecular weight is 261 g/mol. The minimum Gasteiger partial charge on any atom is -0.445 e. The molecule has 0 aliphatic carbocycles. The molecule has 0 aromatic heterocycles. The monoisotopic (exact) mass is 261 g/mol. The Bertz CT molecular complexity index is 415. The van der Waals surface area contributed by atoms with Gasteiger partial charge in [0.15, 0.2) is 6.10 Å². The van der Waals surface area contributed by atoms with Crippen molar-refractivity contribution in [2.24, 2.45) is 5.90 Å². The molecule has 0 fully saturated rings. The Morgan fingerprint density at radius 3 is 2.61 bits per heavy atom. The van der Waals surface area contributed by atoms with Gasteiger partial charge >= 0.3 is 11.9 Å². The number of cyclic esters (lactones) is 1. The maximum absolute atomic E-state index is 11.3. The van der Waals surface area contributed by atoms with E-state index in [4.69, 9.17) is 11.0 Å². The Kier molecular flexibility index (Phi) is 4.37.